The van der Waals surface area contributed by atoms with Crippen LogP contribution >= 0.6 is 11.6 Å². The van der Waals surface area contributed by atoms with E-state index in [2.05, 4.69) is 4.98 Å². The number of ketones is 1. The second-order valence-corrected chi connectivity index (χ2v) is 4.48. The molecule has 0 bridgehead atoms. The van der Waals surface area contributed by atoms with Gasteiger partial charge >= 0.3 is 0 Å². The van der Waals surface area contributed by atoms with E-state index in [9.17, 15) is 4.79 Å². The second-order valence-electron chi connectivity index (χ2n) is 4.10. The Morgan fingerprint density at radius 1 is 1.38 bits per heavy atom. The Bertz CT molecular complexity index is 390. The summed E-state index contributed by atoms with van der Waals surface area (Å²) in [5.74, 6) is 0.317. The summed E-state index contributed by atoms with van der Waals surface area (Å²) >= 11 is 5.93. The number of nitrogens with one attached hydrogen (secondary N) is 1. The Balaban J connectivity index is 2.14. The maximum Gasteiger partial charge on any atom is 0.170 e. The van der Waals surface area contributed by atoms with Crippen molar-refractivity contribution in [2.45, 2.75) is 25.7 Å². The van der Waals surface area contributed by atoms with Crippen LogP contribution in [-0.2, 0) is 6.42 Å². The first-order valence-electron chi connectivity index (χ1n) is 4.63. The molecule has 1 N–H and O–H groups in total. The lowest BCUT2D eigenvalue weighted by atomic mass is 9.82. The molecular weight excluding hydrogens is 186 g/mol. The van der Waals surface area contributed by atoms with E-state index in [1.165, 1.54) is 0 Å². The van der Waals surface area contributed by atoms with Crippen molar-refractivity contribution in [3.8, 4) is 0 Å². The number of carbonyl (C=O) groups excluding carboxylic acids is 1. The summed E-state index contributed by atoms with van der Waals surface area (Å²) < 4.78 is 0. The smallest absolute Gasteiger partial charge is 0.170 e. The van der Waals surface area contributed by atoms with E-state index in [1.54, 1.807) is 6.20 Å². The van der Waals surface area contributed by atoms with Gasteiger partial charge in [-0.05, 0) is 31.2 Å². The average Bonchev–Trinajstić information content (AvgIpc) is 2.80. The monoisotopic (exact) mass is 195 g/mol. The number of Topliss-reactive ketones (excluding diaryl/α,β-unsaturated/α-hetero) is 1. The first-order chi connectivity index (χ1) is 6.23. The molecular formula is C10H10ClNO. The van der Waals surface area contributed by atoms with E-state index in [1.807, 2.05) is 0 Å². The summed E-state index contributed by atoms with van der Waals surface area (Å²) in [6, 6.07) is 0. The van der Waals surface area contributed by atoms with E-state index in [4.69, 9.17) is 11.6 Å². The van der Waals surface area contributed by atoms with Crippen LogP contribution in [0.25, 0.3) is 0 Å². The van der Waals surface area contributed by atoms with Crippen molar-refractivity contribution in [2.24, 2.45) is 5.41 Å². The zero-order chi connectivity index (χ0) is 9.05. The minimum atomic E-state index is 0.0263. The Kier molecular flexibility index (Phi) is 1.28. The summed E-state index contributed by atoms with van der Waals surface area (Å²) in [6.07, 6.45) is 5.88. The van der Waals surface area contributed by atoms with Crippen LogP contribution in [0.4, 0.5) is 0 Å². The van der Waals surface area contributed by atoms with Gasteiger partial charge in [-0.2, -0.15) is 0 Å². The van der Waals surface area contributed by atoms with Crippen molar-refractivity contribution < 1.29 is 4.79 Å². The van der Waals surface area contributed by atoms with E-state index < -0.39 is 0 Å². The molecule has 0 unspecified atom stereocenters. The normalized spacial score (nSPS) is 23.3. The lowest BCUT2D eigenvalue weighted by Crippen LogP contribution is -2.22. The number of halogens is 1. The van der Waals surface area contributed by atoms with Gasteiger partial charge in [0.2, 0.25) is 0 Å². The van der Waals surface area contributed by atoms with E-state index >= 15 is 0 Å². The average molecular weight is 196 g/mol. The maximum absolute atomic E-state index is 11.9. The number of aromatic amines is 1. The van der Waals surface area contributed by atoms with Gasteiger partial charge in [-0.15, -0.1) is 0 Å². The zero-order valence-electron chi connectivity index (χ0n) is 7.19. The van der Waals surface area contributed by atoms with Gasteiger partial charge < -0.3 is 4.98 Å². The highest BCUT2D eigenvalue weighted by Gasteiger charge is 2.52. The standard InChI is InChI=1S/C10H10ClNO/c11-9-6-1-2-10(3-4-10)8(13)7(6)5-12-9/h5,12H,1-4H2. The van der Waals surface area contributed by atoms with Crippen LogP contribution in [-0.4, -0.2) is 10.8 Å². The molecule has 1 spiro atoms. The van der Waals surface area contributed by atoms with Gasteiger partial charge in [0.05, 0.1) is 0 Å². The Morgan fingerprint density at radius 3 is 2.85 bits per heavy atom. The molecule has 1 saturated carbocycles. The van der Waals surface area contributed by atoms with Gasteiger partial charge in [0.15, 0.2) is 5.78 Å². The number of H-pyrrole nitrogens is 1. The summed E-state index contributed by atoms with van der Waals surface area (Å²) in [7, 11) is 0. The van der Waals surface area contributed by atoms with Crippen LogP contribution in [0.15, 0.2) is 6.20 Å². The van der Waals surface area contributed by atoms with E-state index in [0.717, 1.165) is 36.8 Å². The van der Waals surface area contributed by atoms with Crippen LogP contribution in [0.2, 0.25) is 5.15 Å². The lowest BCUT2D eigenvalue weighted by molar-refractivity contribution is 0.0881. The molecule has 0 radical (unpaired) electrons. The number of carbonyl (C=O) groups is 1. The highest BCUT2D eigenvalue weighted by atomic mass is 35.5. The first kappa shape index (κ1) is 7.63. The van der Waals surface area contributed by atoms with Gasteiger partial charge in [-0.25, -0.2) is 0 Å². The highest BCUT2D eigenvalue weighted by Crippen LogP contribution is 2.55. The molecule has 2 aliphatic carbocycles. The van der Waals surface area contributed by atoms with Crippen molar-refractivity contribution in [3.63, 3.8) is 0 Å². The minimum absolute atomic E-state index is 0.0263. The molecule has 1 heterocycles. The molecule has 0 saturated heterocycles. The second kappa shape index (κ2) is 2.18. The fraction of sp³-hybridized carbons (Fsp3) is 0.500. The molecule has 1 aromatic rings. The molecule has 68 valence electrons. The third kappa shape index (κ3) is 0.869. The summed E-state index contributed by atoms with van der Waals surface area (Å²) in [4.78, 5) is 14.9. The van der Waals surface area contributed by atoms with Crippen molar-refractivity contribution in [1.82, 2.24) is 4.98 Å². The van der Waals surface area contributed by atoms with Crippen molar-refractivity contribution in [3.05, 3.63) is 22.5 Å². The van der Waals surface area contributed by atoms with E-state index in [0.29, 0.717) is 10.9 Å². The van der Waals surface area contributed by atoms with Gasteiger partial charge in [0, 0.05) is 17.2 Å². The van der Waals surface area contributed by atoms with Crippen LogP contribution < -0.4 is 0 Å². The van der Waals surface area contributed by atoms with Crippen molar-refractivity contribution in [2.75, 3.05) is 0 Å². The van der Waals surface area contributed by atoms with Crippen LogP contribution in [0.5, 0.6) is 0 Å². The Morgan fingerprint density at radius 2 is 2.15 bits per heavy atom. The molecule has 0 aliphatic heterocycles. The van der Waals surface area contributed by atoms with Gasteiger partial charge in [-0.1, -0.05) is 11.6 Å². The van der Waals surface area contributed by atoms with Crippen LogP contribution in [0, 0.1) is 5.41 Å². The fourth-order valence-electron chi connectivity index (χ4n) is 2.27. The predicted molar refractivity (Wildman–Crippen MR) is 50.1 cm³/mol. The molecule has 3 heteroatoms. The molecule has 3 rings (SSSR count). The SMILES string of the molecule is O=C1c2c[nH]c(Cl)c2CCC12CC2. The predicted octanol–water partition coefficient (Wildman–Crippen LogP) is 2.58. The van der Waals surface area contributed by atoms with Gasteiger partial charge in [-0.3, -0.25) is 4.79 Å². The maximum atomic E-state index is 11.9. The topological polar surface area (TPSA) is 32.9 Å². The first-order valence-corrected chi connectivity index (χ1v) is 5.01. The molecule has 1 fully saturated rings. The Labute approximate surface area is 81.3 Å². The largest absolute Gasteiger partial charge is 0.351 e. The lowest BCUT2D eigenvalue weighted by Gasteiger charge is -2.19. The van der Waals surface area contributed by atoms with Gasteiger partial charge in [0.25, 0.3) is 0 Å². The zero-order valence-corrected chi connectivity index (χ0v) is 7.95. The van der Waals surface area contributed by atoms with Crippen LogP contribution in [0.3, 0.4) is 0 Å². The van der Waals surface area contributed by atoms with Crippen molar-refractivity contribution >= 4 is 17.4 Å². The molecule has 13 heavy (non-hydrogen) atoms. The third-order valence-electron chi connectivity index (χ3n) is 3.37. The molecule has 1 aromatic heterocycles. The van der Waals surface area contributed by atoms with Gasteiger partial charge in [0.1, 0.15) is 5.15 Å². The number of hydrogen-bond acceptors (Lipinski definition) is 1. The highest BCUT2D eigenvalue weighted by molar-refractivity contribution is 6.31. The van der Waals surface area contributed by atoms with Crippen molar-refractivity contribution in [1.29, 1.82) is 0 Å². The Hall–Kier alpha value is -0.760. The minimum Gasteiger partial charge on any atom is -0.351 e. The molecule has 0 aromatic carbocycles. The number of hydrogen-bond donors (Lipinski definition) is 1. The molecule has 0 amide bonds. The summed E-state index contributed by atoms with van der Waals surface area (Å²) in [5.41, 5.74) is 1.90. The summed E-state index contributed by atoms with van der Waals surface area (Å²) in [5, 5.41) is 0.652. The molecule has 2 aliphatic rings. The number of rotatable bonds is 0. The number of aromatic nitrogens is 1. The third-order valence-corrected chi connectivity index (χ3v) is 3.70. The summed E-state index contributed by atoms with van der Waals surface area (Å²) in [6.45, 7) is 0. The number of fused-ring (bicyclic) bond motifs is 1. The van der Waals surface area contributed by atoms with E-state index in [-0.39, 0.29) is 5.41 Å². The molecule has 2 nitrogen and oxygen atoms in total. The quantitative estimate of drug-likeness (QED) is 0.678. The van der Waals surface area contributed by atoms with Crippen LogP contribution in [0.1, 0.15) is 35.2 Å². The fourth-order valence-corrected chi connectivity index (χ4v) is 2.52. The molecule has 0 atom stereocenters.